The Morgan fingerprint density at radius 1 is 0.283 bits per heavy atom. The number of esters is 4. The second-order valence-corrected chi connectivity index (χ2v) is 33.4. The van der Waals surface area contributed by atoms with Crippen molar-refractivity contribution in [2.24, 2.45) is 23.7 Å². The van der Waals surface area contributed by atoms with Gasteiger partial charge in [0.15, 0.2) is 12.2 Å². The van der Waals surface area contributed by atoms with E-state index in [-0.39, 0.29) is 25.7 Å². The molecule has 0 aliphatic rings. The molecule has 0 spiro atoms. The predicted octanol–water partition coefficient (Wildman–Crippen LogP) is 23.6. The van der Waals surface area contributed by atoms with E-state index in [4.69, 9.17) is 37.0 Å². The van der Waals surface area contributed by atoms with Crippen LogP contribution in [0.5, 0.6) is 0 Å². The molecule has 0 saturated heterocycles. The van der Waals surface area contributed by atoms with Crippen molar-refractivity contribution in [3.05, 3.63) is 0 Å². The van der Waals surface area contributed by atoms with Gasteiger partial charge < -0.3 is 33.8 Å². The van der Waals surface area contributed by atoms with Gasteiger partial charge in [0.1, 0.15) is 19.3 Å². The summed E-state index contributed by atoms with van der Waals surface area (Å²) in [6.07, 6.45) is 55.9. The molecule has 17 nitrogen and oxygen atoms in total. The monoisotopic (exact) mass is 1450 g/mol. The lowest BCUT2D eigenvalue weighted by molar-refractivity contribution is -0.161. The number of rotatable bonds is 77. The van der Waals surface area contributed by atoms with Crippen LogP contribution in [0.25, 0.3) is 0 Å². The van der Waals surface area contributed by atoms with E-state index >= 15 is 0 Å². The van der Waals surface area contributed by atoms with Gasteiger partial charge in [-0.3, -0.25) is 37.3 Å². The zero-order chi connectivity index (χ0) is 73.1. The highest BCUT2D eigenvalue weighted by Gasteiger charge is 2.30. The van der Waals surface area contributed by atoms with Crippen LogP contribution >= 0.6 is 15.6 Å². The average Bonchev–Trinajstić information content (AvgIpc) is 0.992. The van der Waals surface area contributed by atoms with E-state index in [2.05, 4.69) is 55.4 Å². The van der Waals surface area contributed by atoms with E-state index < -0.39 is 97.5 Å². The Hall–Kier alpha value is -1.94. The maximum Gasteiger partial charge on any atom is 0.472 e. The van der Waals surface area contributed by atoms with E-state index in [1.54, 1.807) is 0 Å². The summed E-state index contributed by atoms with van der Waals surface area (Å²) in [5.74, 6) is 0.910. The number of aliphatic hydroxyl groups excluding tert-OH is 1. The van der Waals surface area contributed by atoms with Crippen molar-refractivity contribution in [2.75, 3.05) is 39.6 Å². The quantitative estimate of drug-likeness (QED) is 0.0222. The topological polar surface area (TPSA) is 237 Å². The SMILES string of the molecule is CCC(C)CCCCCCCCC(=O)O[C@H](COC(=O)CCCCCCCCCCCCCCCCCCCCC(C)C)COP(=O)(O)OCC(O)COP(=O)(O)OC[C@@H](COC(=O)CCCCCCCCC(C)C)OC(=O)CCCCCCCCCCCCCCCCCCC(C)C. The van der Waals surface area contributed by atoms with Crippen molar-refractivity contribution in [3.63, 3.8) is 0 Å². The largest absolute Gasteiger partial charge is 0.472 e. The average molecular weight is 1450 g/mol. The highest BCUT2D eigenvalue weighted by atomic mass is 31.2. The summed E-state index contributed by atoms with van der Waals surface area (Å²) in [6.45, 7) is 14.2. The van der Waals surface area contributed by atoms with E-state index in [1.165, 1.54) is 205 Å². The van der Waals surface area contributed by atoms with Crippen molar-refractivity contribution < 1.29 is 80.2 Å². The highest BCUT2D eigenvalue weighted by molar-refractivity contribution is 7.47. The zero-order valence-corrected chi connectivity index (χ0v) is 66.9. The van der Waals surface area contributed by atoms with Gasteiger partial charge in [-0.15, -0.1) is 0 Å². The molecule has 0 amide bonds. The molecule has 4 unspecified atom stereocenters. The van der Waals surface area contributed by atoms with Gasteiger partial charge in [-0.25, -0.2) is 9.13 Å². The molecular formula is C80H156O17P2. The van der Waals surface area contributed by atoms with Gasteiger partial charge in [0.05, 0.1) is 26.4 Å². The number of unbranched alkanes of at least 4 members (excludes halogenated alkanes) is 42. The van der Waals surface area contributed by atoms with Crippen LogP contribution < -0.4 is 0 Å². The normalized spacial score (nSPS) is 14.3. The number of phosphoric ester groups is 2. The molecule has 588 valence electrons. The Kier molecular flexibility index (Phi) is 67.8. The van der Waals surface area contributed by atoms with Crippen molar-refractivity contribution in [1.29, 1.82) is 0 Å². The molecule has 0 radical (unpaired) electrons. The Morgan fingerprint density at radius 3 is 0.717 bits per heavy atom. The molecule has 0 aliphatic heterocycles. The van der Waals surface area contributed by atoms with Crippen LogP contribution in [0.1, 0.15) is 409 Å². The molecule has 0 aromatic rings. The Labute approximate surface area is 607 Å². The lowest BCUT2D eigenvalue weighted by atomic mass is 10.00. The van der Waals surface area contributed by atoms with Crippen molar-refractivity contribution >= 4 is 39.5 Å². The van der Waals surface area contributed by atoms with Gasteiger partial charge >= 0.3 is 39.5 Å². The number of hydrogen-bond acceptors (Lipinski definition) is 15. The number of hydrogen-bond donors (Lipinski definition) is 3. The second kappa shape index (κ2) is 69.1. The summed E-state index contributed by atoms with van der Waals surface area (Å²) in [6, 6.07) is 0. The van der Waals surface area contributed by atoms with Crippen LogP contribution in [-0.4, -0.2) is 96.7 Å². The summed E-state index contributed by atoms with van der Waals surface area (Å²) in [7, 11) is -9.92. The number of ether oxygens (including phenoxy) is 4. The summed E-state index contributed by atoms with van der Waals surface area (Å²) >= 11 is 0. The van der Waals surface area contributed by atoms with Crippen LogP contribution in [0.15, 0.2) is 0 Å². The van der Waals surface area contributed by atoms with E-state index in [0.717, 1.165) is 114 Å². The van der Waals surface area contributed by atoms with Gasteiger partial charge in [-0.2, -0.15) is 0 Å². The summed E-state index contributed by atoms with van der Waals surface area (Å²) in [4.78, 5) is 72.8. The fraction of sp³-hybridized carbons (Fsp3) is 0.950. The number of phosphoric acid groups is 2. The van der Waals surface area contributed by atoms with Crippen molar-refractivity contribution in [3.8, 4) is 0 Å². The molecule has 3 N–H and O–H groups in total. The highest BCUT2D eigenvalue weighted by Crippen LogP contribution is 2.45. The molecule has 0 saturated carbocycles. The number of carbonyl (C=O) groups is 4. The van der Waals surface area contributed by atoms with Crippen LogP contribution in [0.2, 0.25) is 0 Å². The molecule has 0 bridgehead atoms. The van der Waals surface area contributed by atoms with Crippen LogP contribution in [0, 0.1) is 23.7 Å². The summed E-state index contributed by atoms with van der Waals surface area (Å²) in [5, 5.41) is 10.6. The maximum atomic E-state index is 13.1. The van der Waals surface area contributed by atoms with Crippen molar-refractivity contribution in [2.45, 2.75) is 427 Å². The second-order valence-electron chi connectivity index (χ2n) is 30.5. The molecule has 6 atom stereocenters. The Balaban J connectivity index is 5.11. The van der Waals surface area contributed by atoms with Crippen molar-refractivity contribution in [1.82, 2.24) is 0 Å². The first-order valence-corrected chi connectivity index (χ1v) is 44.2. The van der Waals surface area contributed by atoms with Crippen LogP contribution in [0.4, 0.5) is 0 Å². The standard InChI is InChI=1S/C80H156O17P2/c1-9-73(8)59-51-43-37-39-47-55-63-80(85)97-76(66-90-77(82)60-52-44-34-30-26-22-18-13-11-10-12-16-20-24-28-32-40-48-56-70(2)3)69-95-99(88,89)93-65-74(81)64-92-98(86,87)94-68-75(67-91-78(83)61-53-45-38-36-42-50-58-72(6)7)96-79(84)62-54-46-35-31-27-23-19-15-14-17-21-25-29-33-41-49-57-71(4)5/h70-76,81H,9-69H2,1-8H3,(H,86,87)(H,88,89)/t73?,74?,75-,76-/m1/s1. The first kappa shape index (κ1) is 97.1. The minimum absolute atomic E-state index is 0.103. The fourth-order valence-corrected chi connectivity index (χ4v) is 13.8. The van der Waals surface area contributed by atoms with Crippen LogP contribution in [0.3, 0.4) is 0 Å². The molecule has 0 aromatic heterocycles. The first-order chi connectivity index (χ1) is 47.6. The van der Waals surface area contributed by atoms with Gasteiger partial charge in [0.25, 0.3) is 0 Å². The molecule has 0 fully saturated rings. The third-order valence-electron chi connectivity index (χ3n) is 18.9. The lowest BCUT2D eigenvalue weighted by Gasteiger charge is -2.21. The third kappa shape index (κ3) is 72.8. The molecule has 0 aromatic carbocycles. The Morgan fingerprint density at radius 2 is 0.485 bits per heavy atom. The Bertz CT molecular complexity index is 1940. The van der Waals surface area contributed by atoms with Gasteiger partial charge in [0.2, 0.25) is 0 Å². The molecule has 0 heterocycles. The predicted molar refractivity (Wildman–Crippen MR) is 404 cm³/mol. The van der Waals surface area contributed by atoms with E-state index in [0.29, 0.717) is 31.6 Å². The number of aliphatic hydroxyl groups is 1. The molecule has 0 rings (SSSR count). The lowest BCUT2D eigenvalue weighted by Crippen LogP contribution is -2.30. The molecule has 0 aliphatic carbocycles. The third-order valence-corrected chi connectivity index (χ3v) is 20.8. The molecular weight excluding hydrogens is 1290 g/mol. The van der Waals surface area contributed by atoms with Gasteiger partial charge in [-0.05, 0) is 49.4 Å². The minimum Gasteiger partial charge on any atom is -0.462 e. The first-order valence-electron chi connectivity index (χ1n) is 41.2. The van der Waals surface area contributed by atoms with Crippen LogP contribution in [-0.2, 0) is 65.4 Å². The fourth-order valence-electron chi connectivity index (χ4n) is 12.2. The van der Waals surface area contributed by atoms with Gasteiger partial charge in [0, 0.05) is 25.7 Å². The minimum atomic E-state index is -4.96. The van der Waals surface area contributed by atoms with E-state index in [1.807, 2.05) is 0 Å². The van der Waals surface area contributed by atoms with Gasteiger partial charge in [-0.1, -0.05) is 357 Å². The smallest absolute Gasteiger partial charge is 0.462 e. The molecule has 99 heavy (non-hydrogen) atoms. The summed E-state index contributed by atoms with van der Waals surface area (Å²) < 4.78 is 68.6. The van der Waals surface area contributed by atoms with E-state index in [9.17, 15) is 43.2 Å². The number of carbonyl (C=O) groups excluding carboxylic acids is 4. The zero-order valence-electron chi connectivity index (χ0n) is 65.1. The molecule has 19 heteroatoms. The summed E-state index contributed by atoms with van der Waals surface area (Å²) in [5.41, 5.74) is 0. The maximum absolute atomic E-state index is 13.1.